The van der Waals surface area contributed by atoms with Crippen molar-refractivity contribution in [3.05, 3.63) is 60.2 Å². The van der Waals surface area contributed by atoms with E-state index in [9.17, 15) is 13.2 Å². The van der Waals surface area contributed by atoms with Gasteiger partial charge in [0.25, 0.3) is 0 Å². The number of hydrogen-bond acceptors (Lipinski definition) is 1. The zero-order chi connectivity index (χ0) is 14.6. The lowest BCUT2D eigenvalue weighted by Crippen LogP contribution is -2.15. The SMILES string of the molecule is N[C@H](CCC(F)(F)F)c1ccc(-c2ccccc2)cc1. The van der Waals surface area contributed by atoms with Crippen LogP contribution < -0.4 is 5.73 Å². The largest absolute Gasteiger partial charge is 0.389 e. The van der Waals surface area contributed by atoms with Crippen molar-refractivity contribution >= 4 is 0 Å². The van der Waals surface area contributed by atoms with E-state index in [1.54, 1.807) is 12.1 Å². The number of benzene rings is 2. The zero-order valence-corrected chi connectivity index (χ0v) is 10.9. The van der Waals surface area contributed by atoms with Crippen molar-refractivity contribution in [2.75, 3.05) is 0 Å². The highest BCUT2D eigenvalue weighted by Crippen LogP contribution is 2.27. The minimum atomic E-state index is -4.15. The highest BCUT2D eigenvalue weighted by molar-refractivity contribution is 5.63. The second-order valence-corrected chi connectivity index (χ2v) is 4.75. The predicted molar refractivity (Wildman–Crippen MR) is 74.1 cm³/mol. The Labute approximate surface area is 116 Å². The zero-order valence-electron chi connectivity index (χ0n) is 10.9. The maximum absolute atomic E-state index is 12.2. The standard InChI is InChI=1S/C16H16F3N/c17-16(18,19)11-10-15(20)14-8-6-13(7-9-14)12-4-2-1-3-5-12/h1-9,15H,10-11,20H2/t15-/m1/s1. The summed E-state index contributed by atoms with van der Waals surface area (Å²) in [7, 11) is 0. The fraction of sp³-hybridized carbons (Fsp3) is 0.250. The van der Waals surface area contributed by atoms with E-state index >= 15 is 0 Å². The molecule has 0 fully saturated rings. The Balaban J connectivity index is 2.05. The van der Waals surface area contributed by atoms with Gasteiger partial charge in [0.05, 0.1) is 0 Å². The van der Waals surface area contributed by atoms with Crippen LogP contribution in [0.2, 0.25) is 0 Å². The van der Waals surface area contributed by atoms with Gasteiger partial charge in [0.1, 0.15) is 0 Å². The normalized spacial score (nSPS) is 13.2. The predicted octanol–water partition coefficient (Wildman–Crippen LogP) is 4.70. The molecule has 1 nitrogen and oxygen atoms in total. The summed E-state index contributed by atoms with van der Waals surface area (Å²) in [5, 5.41) is 0. The highest BCUT2D eigenvalue weighted by atomic mass is 19.4. The molecule has 2 aromatic carbocycles. The van der Waals surface area contributed by atoms with Crippen molar-refractivity contribution < 1.29 is 13.2 Å². The van der Waals surface area contributed by atoms with Crippen LogP contribution in [0.1, 0.15) is 24.4 Å². The van der Waals surface area contributed by atoms with E-state index in [0.717, 1.165) is 16.7 Å². The van der Waals surface area contributed by atoms with Crippen molar-refractivity contribution in [3.63, 3.8) is 0 Å². The molecule has 4 heteroatoms. The monoisotopic (exact) mass is 279 g/mol. The van der Waals surface area contributed by atoms with Crippen LogP contribution in [0.3, 0.4) is 0 Å². The second-order valence-electron chi connectivity index (χ2n) is 4.75. The van der Waals surface area contributed by atoms with E-state index in [1.165, 1.54) is 0 Å². The molecule has 1 atom stereocenters. The van der Waals surface area contributed by atoms with Crippen LogP contribution in [0, 0.1) is 0 Å². The maximum atomic E-state index is 12.2. The van der Waals surface area contributed by atoms with Gasteiger partial charge in [-0.15, -0.1) is 0 Å². The third kappa shape index (κ3) is 4.10. The lowest BCUT2D eigenvalue weighted by atomic mass is 9.99. The lowest BCUT2D eigenvalue weighted by molar-refractivity contribution is -0.136. The number of hydrogen-bond donors (Lipinski definition) is 1. The Kier molecular flexibility index (Phi) is 4.45. The molecular formula is C16H16F3N. The van der Waals surface area contributed by atoms with Crippen LogP contribution in [0.5, 0.6) is 0 Å². The maximum Gasteiger partial charge on any atom is 0.389 e. The first-order valence-electron chi connectivity index (χ1n) is 6.43. The molecule has 106 valence electrons. The molecule has 0 spiro atoms. The molecule has 2 aromatic rings. The minimum Gasteiger partial charge on any atom is -0.324 e. The van der Waals surface area contributed by atoms with Crippen molar-refractivity contribution in [1.82, 2.24) is 0 Å². The van der Waals surface area contributed by atoms with E-state index in [1.807, 2.05) is 42.5 Å². The summed E-state index contributed by atoms with van der Waals surface area (Å²) >= 11 is 0. The average molecular weight is 279 g/mol. The number of rotatable bonds is 4. The quantitative estimate of drug-likeness (QED) is 0.862. The molecule has 0 aliphatic rings. The van der Waals surface area contributed by atoms with E-state index in [2.05, 4.69) is 0 Å². The molecule has 0 aromatic heterocycles. The van der Waals surface area contributed by atoms with Gasteiger partial charge in [0.15, 0.2) is 0 Å². The molecule has 0 amide bonds. The minimum absolute atomic E-state index is 0.0891. The van der Waals surface area contributed by atoms with Crippen LogP contribution in [-0.2, 0) is 0 Å². The van der Waals surface area contributed by atoms with Crippen LogP contribution in [0.4, 0.5) is 13.2 Å². The summed E-state index contributed by atoms with van der Waals surface area (Å²) in [6.07, 6.45) is -5.09. The topological polar surface area (TPSA) is 26.0 Å². The molecule has 0 bridgehead atoms. The Hall–Kier alpha value is -1.81. The first-order chi connectivity index (χ1) is 9.46. The van der Waals surface area contributed by atoms with E-state index < -0.39 is 18.6 Å². The van der Waals surface area contributed by atoms with Crippen LogP contribution in [0.15, 0.2) is 54.6 Å². The second kappa shape index (κ2) is 6.09. The average Bonchev–Trinajstić information content (AvgIpc) is 2.45. The van der Waals surface area contributed by atoms with Gasteiger partial charge in [-0.1, -0.05) is 54.6 Å². The molecule has 0 radical (unpaired) electrons. The summed E-state index contributed by atoms with van der Waals surface area (Å²) in [5.74, 6) is 0. The van der Waals surface area contributed by atoms with Gasteiger partial charge in [-0.2, -0.15) is 13.2 Å². The molecule has 0 aliphatic heterocycles. The van der Waals surface area contributed by atoms with Crippen LogP contribution in [-0.4, -0.2) is 6.18 Å². The van der Waals surface area contributed by atoms with Gasteiger partial charge in [-0.25, -0.2) is 0 Å². The fourth-order valence-electron chi connectivity index (χ4n) is 2.04. The Morgan fingerprint density at radius 1 is 0.850 bits per heavy atom. The molecule has 0 aliphatic carbocycles. The number of alkyl halides is 3. The number of halogens is 3. The molecule has 0 unspecified atom stereocenters. The lowest BCUT2D eigenvalue weighted by Gasteiger charge is -2.14. The fourth-order valence-corrected chi connectivity index (χ4v) is 2.04. The first-order valence-corrected chi connectivity index (χ1v) is 6.43. The molecular weight excluding hydrogens is 263 g/mol. The Morgan fingerprint density at radius 3 is 1.95 bits per heavy atom. The third-order valence-electron chi connectivity index (χ3n) is 3.18. The van der Waals surface area contributed by atoms with Crippen molar-refractivity contribution in [3.8, 4) is 11.1 Å². The third-order valence-corrected chi connectivity index (χ3v) is 3.18. The van der Waals surface area contributed by atoms with Gasteiger partial charge in [0.2, 0.25) is 0 Å². The molecule has 0 heterocycles. The van der Waals surface area contributed by atoms with E-state index in [-0.39, 0.29) is 6.42 Å². The first kappa shape index (κ1) is 14.6. The van der Waals surface area contributed by atoms with E-state index in [4.69, 9.17) is 5.73 Å². The molecule has 20 heavy (non-hydrogen) atoms. The van der Waals surface area contributed by atoms with Crippen molar-refractivity contribution in [1.29, 1.82) is 0 Å². The van der Waals surface area contributed by atoms with Crippen LogP contribution >= 0.6 is 0 Å². The van der Waals surface area contributed by atoms with Gasteiger partial charge in [-0.3, -0.25) is 0 Å². The summed E-state index contributed by atoms with van der Waals surface area (Å²) < 4.78 is 36.5. The molecule has 0 saturated carbocycles. The summed E-state index contributed by atoms with van der Waals surface area (Å²) in [6.45, 7) is 0. The van der Waals surface area contributed by atoms with E-state index in [0.29, 0.717) is 0 Å². The Morgan fingerprint density at radius 2 is 1.40 bits per heavy atom. The summed E-state index contributed by atoms with van der Waals surface area (Å²) in [6, 6.07) is 16.6. The van der Waals surface area contributed by atoms with Gasteiger partial charge in [0, 0.05) is 12.5 Å². The number of nitrogens with two attached hydrogens (primary N) is 1. The van der Waals surface area contributed by atoms with Crippen LogP contribution in [0.25, 0.3) is 11.1 Å². The summed E-state index contributed by atoms with van der Waals surface area (Å²) in [5.41, 5.74) is 8.62. The molecule has 0 saturated heterocycles. The smallest absolute Gasteiger partial charge is 0.324 e. The van der Waals surface area contributed by atoms with Crippen molar-refractivity contribution in [2.45, 2.75) is 25.1 Å². The molecule has 2 N–H and O–H groups in total. The molecule has 2 rings (SSSR count). The van der Waals surface area contributed by atoms with Gasteiger partial charge < -0.3 is 5.73 Å². The highest BCUT2D eigenvalue weighted by Gasteiger charge is 2.27. The Bertz CT molecular complexity index is 532. The summed E-state index contributed by atoms with van der Waals surface area (Å²) in [4.78, 5) is 0. The van der Waals surface area contributed by atoms with Gasteiger partial charge >= 0.3 is 6.18 Å². The van der Waals surface area contributed by atoms with Crippen molar-refractivity contribution in [2.24, 2.45) is 5.73 Å². The van der Waals surface area contributed by atoms with Gasteiger partial charge in [-0.05, 0) is 23.1 Å².